The van der Waals surface area contributed by atoms with E-state index in [1.54, 1.807) is 0 Å². The van der Waals surface area contributed by atoms with Crippen LogP contribution in [0.2, 0.25) is 0 Å². The van der Waals surface area contributed by atoms with Crippen molar-refractivity contribution in [3.63, 3.8) is 0 Å². The number of hydrogen-bond acceptors (Lipinski definition) is 4. The zero-order valence-corrected chi connectivity index (χ0v) is 8.06. The first kappa shape index (κ1) is 12.6. The van der Waals surface area contributed by atoms with E-state index in [-0.39, 0.29) is 0 Å². The molecule has 8 heteroatoms. The van der Waals surface area contributed by atoms with E-state index >= 15 is 0 Å². The van der Waals surface area contributed by atoms with Gasteiger partial charge >= 0.3 is 6.18 Å². The fraction of sp³-hybridized carbons (Fsp3) is 0.111. The molecule has 0 radical (unpaired) electrons. The number of rotatable bonds is 0. The maximum atomic E-state index is 13.4. The van der Waals surface area contributed by atoms with Gasteiger partial charge in [0.2, 0.25) is 0 Å². The highest BCUT2D eigenvalue weighted by molar-refractivity contribution is 5.78. The number of halogens is 4. The zero-order valence-electron chi connectivity index (χ0n) is 8.06. The third-order valence-corrected chi connectivity index (χ3v) is 2.02. The first-order chi connectivity index (χ1) is 7.75. The van der Waals surface area contributed by atoms with Crippen molar-refractivity contribution in [2.45, 2.75) is 6.18 Å². The molecule has 0 saturated carbocycles. The SMILES string of the molecule is N#Cc1c(N)c(N)c(C(F)(F)F)c(C#N)c1F. The van der Waals surface area contributed by atoms with E-state index in [0.717, 1.165) is 6.07 Å². The first-order valence-corrected chi connectivity index (χ1v) is 4.03. The molecular weight excluding hydrogens is 240 g/mol. The summed E-state index contributed by atoms with van der Waals surface area (Å²) in [4.78, 5) is 0. The highest BCUT2D eigenvalue weighted by atomic mass is 19.4. The maximum Gasteiger partial charge on any atom is 0.419 e. The van der Waals surface area contributed by atoms with Gasteiger partial charge in [-0.25, -0.2) is 4.39 Å². The predicted molar refractivity (Wildman–Crippen MR) is 49.7 cm³/mol. The molecule has 0 aromatic heterocycles. The number of hydrogen-bond donors (Lipinski definition) is 2. The first-order valence-electron chi connectivity index (χ1n) is 4.03. The molecule has 4 nitrogen and oxygen atoms in total. The summed E-state index contributed by atoms with van der Waals surface area (Å²) in [6, 6.07) is 2.29. The molecule has 0 unspecified atom stereocenters. The van der Waals surface area contributed by atoms with E-state index in [2.05, 4.69) is 0 Å². The number of nitrogens with two attached hydrogens (primary N) is 2. The predicted octanol–water partition coefficient (Wildman–Crippen LogP) is 1.75. The van der Waals surface area contributed by atoms with Crippen LogP contribution in [0.3, 0.4) is 0 Å². The van der Waals surface area contributed by atoms with Crippen LogP contribution < -0.4 is 11.5 Å². The highest BCUT2D eigenvalue weighted by Crippen LogP contribution is 2.41. The minimum atomic E-state index is -5.03. The molecule has 1 aromatic rings. The molecule has 0 amide bonds. The average Bonchev–Trinajstić information content (AvgIpc) is 2.22. The summed E-state index contributed by atoms with van der Waals surface area (Å²) in [7, 11) is 0. The normalized spacial score (nSPS) is 10.7. The Balaban J connectivity index is 3.89. The van der Waals surface area contributed by atoms with Gasteiger partial charge in [-0.2, -0.15) is 23.7 Å². The van der Waals surface area contributed by atoms with Gasteiger partial charge in [-0.3, -0.25) is 0 Å². The largest absolute Gasteiger partial charge is 0.419 e. The van der Waals surface area contributed by atoms with Crippen LogP contribution in [0, 0.1) is 28.5 Å². The third-order valence-electron chi connectivity index (χ3n) is 2.02. The summed E-state index contributed by atoms with van der Waals surface area (Å²) in [6.45, 7) is 0. The van der Waals surface area contributed by atoms with Crippen molar-refractivity contribution in [1.29, 1.82) is 10.5 Å². The van der Waals surface area contributed by atoms with Gasteiger partial charge in [0.05, 0.1) is 11.4 Å². The number of nitriles is 2. The molecule has 1 rings (SSSR count). The Morgan fingerprint density at radius 2 is 1.41 bits per heavy atom. The molecule has 0 fully saturated rings. The van der Waals surface area contributed by atoms with Crippen molar-refractivity contribution < 1.29 is 17.6 Å². The fourth-order valence-corrected chi connectivity index (χ4v) is 1.27. The second-order valence-corrected chi connectivity index (χ2v) is 2.99. The highest BCUT2D eigenvalue weighted by Gasteiger charge is 2.39. The molecule has 0 heterocycles. The van der Waals surface area contributed by atoms with Crippen LogP contribution >= 0.6 is 0 Å². The quantitative estimate of drug-likeness (QED) is 0.536. The van der Waals surface area contributed by atoms with Gasteiger partial charge in [0.15, 0.2) is 5.82 Å². The number of nitrogen functional groups attached to an aromatic ring is 2. The lowest BCUT2D eigenvalue weighted by Crippen LogP contribution is -2.16. The van der Waals surface area contributed by atoms with Gasteiger partial charge in [-0.15, -0.1) is 0 Å². The van der Waals surface area contributed by atoms with Gasteiger partial charge in [0.25, 0.3) is 0 Å². The Hall–Kier alpha value is -2.48. The van der Waals surface area contributed by atoms with Crippen LogP contribution in [-0.4, -0.2) is 0 Å². The number of nitrogens with zero attached hydrogens (tertiary/aromatic N) is 2. The second-order valence-electron chi connectivity index (χ2n) is 2.99. The third kappa shape index (κ3) is 1.81. The molecule has 4 N–H and O–H groups in total. The molecule has 0 spiro atoms. The molecular formula is C9H4F4N4. The summed E-state index contributed by atoms with van der Waals surface area (Å²) in [5, 5.41) is 17.0. The Morgan fingerprint density at radius 3 is 1.76 bits per heavy atom. The molecule has 0 aliphatic carbocycles. The number of alkyl halides is 3. The topological polar surface area (TPSA) is 99.6 Å². The molecule has 0 atom stereocenters. The number of benzene rings is 1. The summed E-state index contributed by atoms with van der Waals surface area (Å²) < 4.78 is 51.1. The van der Waals surface area contributed by atoms with Crippen LogP contribution in [0.15, 0.2) is 0 Å². The van der Waals surface area contributed by atoms with Gasteiger partial charge in [0, 0.05) is 0 Å². The van der Waals surface area contributed by atoms with Gasteiger partial charge in [0.1, 0.15) is 28.8 Å². The maximum absolute atomic E-state index is 13.4. The van der Waals surface area contributed by atoms with Gasteiger partial charge in [-0.1, -0.05) is 0 Å². The van der Waals surface area contributed by atoms with Crippen LogP contribution in [-0.2, 0) is 6.18 Å². The summed E-state index contributed by atoms with van der Waals surface area (Å²) in [5.74, 6) is -1.62. The van der Waals surface area contributed by atoms with Crippen LogP contribution in [0.25, 0.3) is 0 Å². The van der Waals surface area contributed by atoms with Crippen molar-refractivity contribution in [2.75, 3.05) is 11.5 Å². The van der Waals surface area contributed by atoms with Crippen LogP contribution in [0.4, 0.5) is 28.9 Å². The van der Waals surface area contributed by atoms with E-state index in [9.17, 15) is 17.6 Å². The molecule has 0 bridgehead atoms. The van der Waals surface area contributed by atoms with Crippen molar-refractivity contribution >= 4 is 11.4 Å². The molecule has 0 saturated heterocycles. The van der Waals surface area contributed by atoms with Gasteiger partial charge < -0.3 is 11.5 Å². The molecule has 0 aliphatic heterocycles. The Bertz CT molecular complexity index is 563. The van der Waals surface area contributed by atoms with Crippen LogP contribution in [0.5, 0.6) is 0 Å². The second kappa shape index (κ2) is 3.83. The van der Waals surface area contributed by atoms with Crippen molar-refractivity contribution in [3.05, 3.63) is 22.5 Å². The molecule has 0 aliphatic rings. The lowest BCUT2D eigenvalue weighted by Gasteiger charge is -2.15. The Labute approximate surface area is 92.7 Å². The molecule has 17 heavy (non-hydrogen) atoms. The van der Waals surface area contributed by atoms with Crippen molar-refractivity contribution in [1.82, 2.24) is 0 Å². The average molecular weight is 244 g/mol. The lowest BCUT2D eigenvalue weighted by molar-refractivity contribution is -0.137. The zero-order chi connectivity index (χ0) is 13.4. The van der Waals surface area contributed by atoms with E-state index in [4.69, 9.17) is 22.0 Å². The van der Waals surface area contributed by atoms with Crippen molar-refractivity contribution in [3.8, 4) is 12.1 Å². The summed E-state index contributed by atoms with van der Waals surface area (Å²) in [6.07, 6.45) is -5.03. The van der Waals surface area contributed by atoms with E-state index < -0.39 is 40.1 Å². The Kier molecular flexibility index (Phi) is 2.84. The minimum Gasteiger partial charge on any atom is -0.396 e. The monoisotopic (exact) mass is 244 g/mol. The summed E-state index contributed by atoms with van der Waals surface area (Å²) in [5.41, 5.74) is 4.49. The van der Waals surface area contributed by atoms with Crippen LogP contribution in [0.1, 0.15) is 16.7 Å². The minimum absolute atomic E-state index is 0.823. The van der Waals surface area contributed by atoms with E-state index in [0.29, 0.717) is 0 Å². The van der Waals surface area contributed by atoms with Crippen molar-refractivity contribution in [2.24, 2.45) is 0 Å². The standard InChI is InChI=1S/C9H4F4N4/c10-6-3(1-14)5(9(11,12)13)8(17)7(16)4(6)2-15/h16-17H2. The number of anilines is 2. The van der Waals surface area contributed by atoms with E-state index in [1.807, 2.05) is 0 Å². The summed E-state index contributed by atoms with van der Waals surface area (Å²) >= 11 is 0. The molecule has 88 valence electrons. The Morgan fingerprint density at radius 1 is 0.941 bits per heavy atom. The fourth-order valence-electron chi connectivity index (χ4n) is 1.27. The van der Waals surface area contributed by atoms with E-state index in [1.165, 1.54) is 6.07 Å². The smallest absolute Gasteiger partial charge is 0.396 e. The lowest BCUT2D eigenvalue weighted by atomic mass is 9.99. The molecule has 1 aromatic carbocycles. The van der Waals surface area contributed by atoms with Gasteiger partial charge in [-0.05, 0) is 0 Å².